The maximum Gasteiger partial charge on any atom is 0.335 e. The van der Waals surface area contributed by atoms with Gasteiger partial charge in [-0.05, 0) is 54.5 Å². The van der Waals surface area contributed by atoms with E-state index in [1.54, 1.807) is 0 Å². The molecule has 3 N–H and O–H groups in total. The highest BCUT2D eigenvalue weighted by molar-refractivity contribution is 7.86. The lowest BCUT2D eigenvalue weighted by Gasteiger charge is -2.17. The lowest BCUT2D eigenvalue weighted by atomic mass is 9.92. The van der Waals surface area contributed by atoms with Gasteiger partial charge in [0.1, 0.15) is 0 Å². The molecule has 9 nitrogen and oxygen atoms in total. The Kier molecular flexibility index (Phi) is 5.78. The third-order valence-electron chi connectivity index (χ3n) is 4.36. The second-order valence-corrected chi connectivity index (χ2v) is 9.70. The molecule has 0 fully saturated rings. The van der Waals surface area contributed by atoms with Gasteiger partial charge in [0.15, 0.2) is 0 Å². The molecule has 0 aromatic heterocycles. The molecule has 0 amide bonds. The van der Waals surface area contributed by atoms with Crippen molar-refractivity contribution in [2.75, 3.05) is 0 Å². The fraction of sp³-hybridized carbons (Fsp3) is 0.429. The summed E-state index contributed by atoms with van der Waals surface area (Å²) in [5, 5.41) is 5.22. The number of carboxylic acids is 1. The summed E-state index contributed by atoms with van der Waals surface area (Å²) in [6, 6.07) is 2.30. The fourth-order valence-corrected chi connectivity index (χ4v) is 4.95. The second kappa shape index (κ2) is 7.24. The molecule has 1 aromatic rings. The van der Waals surface area contributed by atoms with E-state index in [1.165, 1.54) is 6.07 Å². The second-order valence-electron chi connectivity index (χ2n) is 5.96. The zero-order valence-corrected chi connectivity index (χ0v) is 15.5. The number of rotatable bonds is 4. The number of halogens is 1. The minimum absolute atomic E-state index is 0.0728. The number of hydrogen-bond acceptors (Lipinski definition) is 6. The van der Waals surface area contributed by atoms with Gasteiger partial charge in [-0.2, -0.15) is 16.8 Å². The molecule has 0 spiro atoms. The molecule has 0 aliphatic heterocycles. The largest absolute Gasteiger partial charge is 0.478 e. The minimum Gasteiger partial charge on any atom is -0.478 e. The van der Waals surface area contributed by atoms with E-state index in [9.17, 15) is 40.6 Å². The van der Waals surface area contributed by atoms with Crippen molar-refractivity contribution in [1.82, 2.24) is 0 Å². The lowest BCUT2D eigenvalue weighted by Crippen LogP contribution is -2.28. The molecule has 0 heterocycles. The Morgan fingerprint density at radius 3 is 1.88 bits per heavy atom. The van der Waals surface area contributed by atoms with Crippen molar-refractivity contribution < 1.29 is 40.6 Å². The summed E-state index contributed by atoms with van der Waals surface area (Å²) in [5.74, 6) is -1.44. The Morgan fingerprint density at radius 2 is 1.46 bits per heavy atom. The first kappa shape index (κ1) is 20.8. The molecule has 2 rings (SSSR count). The number of benzene rings is 1. The van der Waals surface area contributed by atoms with Crippen molar-refractivity contribution in [1.29, 1.82) is 0 Å². The van der Waals surface area contributed by atoms with E-state index in [0.29, 0.717) is 0 Å². The van der Waals surface area contributed by atoms with Gasteiger partial charge in [-0.25, -0.2) is 4.79 Å². The van der Waals surface area contributed by atoms with Crippen molar-refractivity contribution in [3.63, 3.8) is 0 Å². The van der Waals surface area contributed by atoms with E-state index in [4.69, 9.17) is 11.6 Å². The third-order valence-corrected chi connectivity index (χ3v) is 7.04. The highest BCUT2D eigenvalue weighted by atomic mass is 35.5. The summed E-state index contributed by atoms with van der Waals surface area (Å²) in [7, 11) is -9.29. The van der Waals surface area contributed by atoms with Crippen LogP contribution >= 0.6 is 11.6 Å². The first-order valence-corrected chi connectivity index (χ1v) is 10.7. The van der Waals surface area contributed by atoms with Crippen LogP contribution in [0.1, 0.15) is 44.7 Å². The average Bonchev–Trinajstić information content (AvgIpc) is 2.51. The first-order chi connectivity index (χ1) is 11.8. The SMILES string of the molecule is O=C(O)c1ccc2c(C(=O)Cl)c1CC(S(=O)(=O)O)CCC(S(=O)(=O)O)C2. The molecule has 1 aliphatic carbocycles. The predicted molar refractivity (Wildman–Crippen MR) is 90.9 cm³/mol. The van der Waals surface area contributed by atoms with Crippen LogP contribution in [0.4, 0.5) is 0 Å². The molecule has 2 unspecified atom stereocenters. The molecule has 0 radical (unpaired) electrons. The van der Waals surface area contributed by atoms with Crippen molar-refractivity contribution in [3.05, 3.63) is 34.4 Å². The summed E-state index contributed by atoms with van der Waals surface area (Å²) in [6.45, 7) is 0. The molecule has 0 saturated heterocycles. The lowest BCUT2D eigenvalue weighted by molar-refractivity contribution is 0.0695. The Morgan fingerprint density at radius 1 is 0.962 bits per heavy atom. The standard InChI is InChI=1S/C14H15ClO9S2/c15-13(16)12-7-1-4-10(14(17)18)11(12)6-9(26(22,23)24)3-2-8(5-7)25(19,20)21/h1,4,8-9H,2-3,5-6H2,(H,17,18)(H,19,20,21)(H,22,23,24). The van der Waals surface area contributed by atoms with Crippen LogP contribution in [0, 0.1) is 0 Å². The highest BCUT2D eigenvalue weighted by Crippen LogP contribution is 2.31. The van der Waals surface area contributed by atoms with Gasteiger partial charge >= 0.3 is 5.97 Å². The molecule has 2 atom stereocenters. The summed E-state index contributed by atoms with van der Waals surface area (Å²) in [6.07, 6.45) is -1.59. The van der Waals surface area contributed by atoms with Crippen LogP contribution in [0.3, 0.4) is 0 Å². The van der Waals surface area contributed by atoms with Crippen molar-refractivity contribution >= 4 is 43.0 Å². The van der Waals surface area contributed by atoms with Gasteiger partial charge in [-0.1, -0.05) is 6.07 Å². The molecule has 26 heavy (non-hydrogen) atoms. The molecule has 144 valence electrons. The van der Waals surface area contributed by atoms with Crippen molar-refractivity contribution in [3.8, 4) is 0 Å². The molecule has 2 bridgehead atoms. The summed E-state index contributed by atoms with van der Waals surface area (Å²) >= 11 is 5.55. The topological polar surface area (TPSA) is 163 Å². The normalized spacial score (nSPS) is 21.3. The van der Waals surface area contributed by atoms with E-state index < -0.39 is 48.4 Å². The number of fused-ring (bicyclic) bond motifs is 2. The van der Waals surface area contributed by atoms with Gasteiger partial charge in [-0.15, -0.1) is 0 Å². The van der Waals surface area contributed by atoms with Gasteiger partial charge < -0.3 is 5.11 Å². The Labute approximate surface area is 154 Å². The van der Waals surface area contributed by atoms with Gasteiger partial charge in [0, 0.05) is 5.56 Å². The van der Waals surface area contributed by atoms with Crippen LogP contribution in [0.5, 0.6) is 0 Å². The zero-order chi connectivity index (χ0) is 19.9. The van der Waals surface area contributed by atoms with Gasteiger partial charge in [0.2, 0.25) is 0 Å². The minimum atomic E-state index is -4.69. The Bertz CT molecular complexity index is 966. The Balaban J connectivity index is 2.80. The molecule has 1 aliphatic rings. The van der Waals surface area contributed by atoms with Gasteiger partial charge in [0.05, 0.1) is 16.1 Å². The van der Waals surface area contributed by atoms with Crippen LogP contribution in [-0.4, -0.2) is 52.8 Å². The van der Waals surface area contributed by atoms with Crippen LogP contribution in [-0.2, 0) is 33.1 Å². The van der Waals surface area contributed by atoms with Crippen LogP contribution in [0.2, 0.25) is 0 Å². The summed E-state index contributed by atoms with van der Waals surface area (Å²) in [5.41, 5.74) is -0.829. The maximum absolute atomic E-state index is 11.9. The van der Waals surface area contributed by atoms with E-state index in [-0.39, 0.29) is 41.5 Å². The quantitative estimate of drug-likeness (QED) is 0.473. The van der Waals surface area contributed by atoms with Crippen molar-refractivity contribution in [2.45, 2.75) is 36.2 Å². The number of aromatic carboxylic acids is 1. The van der Waals surface area contributed by atoms with Crippen molar-refractivity contribution in [2.24, 2.45) is 0 Å². The van der Waals surface area contributed by atoms with Crippen LogP contribution < -0.4 is 0 Å². The zero-order valence-electron chi connectivity index (χ0n) is 13.1. The molecule has 0 saturated carbocycles. The third kappa shape index (κ3) is 4.41. The Hall–Kier alpha value is -1.53. The fourth-order valence-electron chi connectivity index (χ4n) is 3.08. The van der Waals surface area contributed by atoms with Crippen LogP contribution in [0.15, 0.2) is 12.1 Å². The van der Waals surface area contributed by atoms with E-state index in [0.717, 1.165) is 6.07 Å². The molecular formula is C14H15ClO9S2. The van der Waals surface area contributed by atoms with E-state index in [2.05, 4.69) is 0 Å². The monoisotopic (exact) mass is 426 g/mol. The first-order valence-electron chi connectivity index (χ1n) is 7.32. The predicted octanol–water partition coefficient (Wildman–Crippen LogP) is 1.16. The maximum atomic E-state index is 11.9. The summed E-state index contributed by atoms with van der Waals surface area (Å²) < 4.78 is 65.3. The number of carboxylic acid groups (broad SMARTS) is 1. The van der Waals surface area contributed by atoms with E-state index in [1.807, 2.05) is 0 Å². The molecule has 1 aromatic carbocycles. The van der Waals surface area contributed by atoms with Gasteiger partial charge in [0.25, 0.3) is 25.5 Å². The smallest absolute Gasteiger partial charge is 0.335 e. The number of hydrogen-bond donors (Lipinski definition) is 3. The van der Waals surface area contributed by atoms with Crippen LogP contribution in [0.25, 0.3) is 0 Å². The summed E-state index contributed by atoms with van der Waals surface area (Å²) in [4.78, 5) is 23.3. The number of carbonyl (C=O) groups is 2. The number of carbonyl (C=O) groups excluding carboxylic acids is 1. The highest BCUT2D eigenvalue weighted by Gasteiger charge is 2.35. The average molecular weight is 427 g/mol. The molecular weight excluding hydrogens is 412 g/mol. The van der Waals surface area contributed by atoms with Gasteiger partial charge in [-0.3, -0.25) is 13.9 Å². The van der Waals surface area contributed by atoms with E-state index >= 15 is 0 Å². The molecule has 12 heteroatoms.